The van der Waals surface area contributed by atoms with Crippen molar-refractivity contribution in [2.45, 2.75) is 77.5 Å². The topological polar surface area (TPSA) is 127 Å². The van der Waals surface area contributed by atoms with Gasteiger partial charge < -0.3 is 15.4 Å². The molecule has 3 rings (SSSR count). The van der Waals surface area contributed by atoms with Crippen LogP contribution in [0, 0.1) is 0 Å². The van der Waals surface area contributed by atoms with Crippen molar-refractivity contribution in [3.05, 3.63) is 30.1 Å². The van der Waals surface area contributed by atoms with E-state index in [-0.39, 0.29) is 29.7 Å². The fourth-order valence-electron chi connectivity index (χ4n) is 3.84. The lowest BCUT2D eigenvalue weighted by atomic mass is 10.0. The molecule has 1 aliphatic rings. The zero-order chi connectivity index (χ0) is 24.4. The number of hydrogen-bond acceptors (Lipinski definition) is 7. The number of sulfonamides is 1. The minimum atomic E-state index is -3.39. The molecular weight excluding hydrogens is 444 g/mol. The lowest BCUT2D eigenvalue weighted by Gasteiger charge is -2.22. The summed E-state index contributed by atoms with van der Waals surface area (Å²) in [7, 11) is -3.39. The summed E-state index contributed by atoms with van der Waals surface area (Å²) in [5, 5.41) is 10.9. The second kappa shape index (κ2) is 9.58. The number of anilines is 3. The van der Waals surface area contributed by atoms with E-state index >= 15 is 0 Å². The highest BCUT2D eigenvalue weighted by atomic mass is 32.2. The van der Waals surface area contributed by atoms with E-state index in [1.165, 1.54) is 6.20 Å². The predicted octanol–water partition coefficient (Wildman–Crippen LogP) is 3.92. The molecule has 2 aromatic rings. The first-order valence-electron chi connectivity index (χ1n) is 11.1. The largest absolute Gasteiger partial charge is 0.446 e. The SMILES string of the molecule is CC(C)NC(=O)OC1CCC(c2cc(Nc3cc(NS(C)(=O)=O)ccn3)n(C(C)(C)C)n2)C1. The number of ether oxygens (including phenoxy) is 1. The molecule has 0 aliphatic heterocycles. The Hall–Kier alpha value is -2.82. The number of rotatable bonds is 7. The van der Waals surface area contributed by atoms with Crippen molar-refractivity contribution >= 4 is 33.4 Å². The van der Waals surface area contributed by atoms with Crippen molar-refractivity contribution in [2.75, 3.05) is 16.3 Å². The van der Waals surface area contributed by atoms with Crippen LogP contribution in [0.15, 0.2) is 24.4 Å². The summed E-state index contributed by atoms with van der Waals surface area (Å²) in [6.07, 6.45) is 4.52. The van der Waals surface area contributed by atoms with Gasteiger partial charge in [0.05, 0.1) is 23.2 Å². The fourth-order valence-corrected chi connectivity index (χ4v) is 4.40. The van der Waals surface area contributed by atoms with Crippen LogP contribution in [0.3, 0.4) is 0 Å². The van der Waals surface area contributed by atoms with Crippen molar-refractivity contribution in [3.8, 4) is 0 Å². The molecule has 182 valence electrons. The highest BCUT2D eigenvalue weighted by Crippen LogP contribution is 2.37. The molecule has 11 heteroatoms. The number of carbonyl (C=O) groups excluding carboxylic acids is 1. The van der Waals surface area contributed by atoms with Gasteiger partial charge in [-0.05, 0) is 59.9 Å². The summed E-state index contributed by atoms with van der Waals surface area (Å²) in [4.78, 5) is 16.3. The van der Waals surface area contributed by atoms with Crippen molar-refractivity contribution in [3.63, 3.8) is 0 Å². The van der Waals surface area contributed by atoms with Crippen molar-refractivity contribution < 1.29 is 17.9 Å². The second-order valence-corrected chi connectivity index (χ2v) is 11.6. The number of pyridine rings is 1. The van der Waals surface area contributed by atoms with Gasteiger partial charge in [0, 0.05) is 30.3 Å². The molecule has 33 heavy (non-hydrogen) atoms. The number of aromatic nitrogens is 3. The molecule has 2 aromatic heterocycles. The van der Waals surface area contributed by atoms with Gasteiger partial charge in [0.2, 0.25) is 10.0 Å². The molecule has 1 aliphatic carbocycles. The minimum Gasteiger partial charge on any atom is -0.446 e. The molecule has 1 fully saturated rings. The first-order chi connectivity index (χ1) is 15.3. The maximum atomic E-state index is 11.9. The number of amides is 1. The third kappa shape index (κ3) is 7.08. The van der Waals surface area contributed by atoms with Crippen LogP contribution in [-0.2, 0) is 20.3 Å². The summed E-state index contributed by atoms with van der Waals surface area (Å²) in [6, 6.07) is 5.25. The molecule has 0 spiro atoms. The van der Waals surface area contributed by atoms with E-state index in [0.717, 1.165) is 37.0 Å². The highest BCUT2D eigenvalue weighted by molar-refractivity contribution is 7.92. The standard InChI is InChI=1S/C22H34N6O4S/c1-14(2)24-21(29)32-17-8-7-15(11-17)18-13-20(28(26-18)22(3,4)5)25-19-12-16(9-10-23-19)27-33(6,30)31/h9-10,12-15,17H,7-8,11H2,1-6H3,(H,24,29)(H2,23,25,27). The van der Waals surface area contributed by atoms with E-state index < -0.39 is 10.0 Å². The van der Waals surface area contributed by atoms with E-state index in [1.54, 1.807) is 12.1 Å². The van der Waals surface area contributed by atoms with Crippen LogP contribution < -0.4 is 15.4 Å². The molecule has 3 N–H and O–H groups in total. The van der Waals surface area contributed by atoms with Crippen LogP contribution in [0.5, 0.6) is 0 Å². The maximum absolute atomic E-state index is 11.9. The number of nitrogens with zero attached hydrogens (tertiary/aromatic N) is 3. The lowest BCUT2D eigenvalue weighted by molar-refractivity contribution is 0.0981. The van der Waals surface area contributed by atoms with E-state index in [1.807, 2.05) is 24.6 Å². The normalized spacial score (nSPS) is 18.9. The van der Waals surface area contributed by atoms with Crippen molar-refractivity contribution in [2.24, 2.45) is 0 Å². The van der Waals surface area contributed by atoms with Gasteiger partial charge in [-0.15, -0.1) is 0 Å². The molecule has 0 radical (unpaired) electrons. The molecule has 0 aromatic carbocycles. The van der Waals surface area contributed by atoms with Crippen LogP contribution in [-0.4, -0.2) is 47.7 Å². The molecule has 0 bridgehead atoms. The summed E-state index contributed by atoms with van der Waals surface area (Å²) in [5.74, 6) is 1.43. The maximum Gasteiger partial charge on any atom is 0.407 e. The zero-order valence-electron chi connectivity index (χ0n) is 20.0. The molecule has 2 atom stereocenters. The van der Waals surface area contributed by atoms with E-state index in [0.29, 0.717) is 11.5 Å². The van der Waals surface area contributed by atoms with Crippen molar-refractivity contribution in [1.29, 1.82) is 0 Å². The van der Waals surface area contributed by atoms with Gasteiger partial charge in [-0.3, -0.25) is 4.72 Å². The number of carbonyl (C=O) groups is 1. The molecule has 10 nitrogen and oxygen atoms in total. The lowest BCUT2D eigenvalue weighted by Crippen LogP contribution is -2.33. The summed E-state index contributed by atoms with van der Waals surface area (Å²) in [5.41, 5.74) is 1.05. The smallest absolute Gasteiger partial charge is 0.407 e. The Morgan fingerprint density at radius 2 is 1.97 bits per heavy atom. The first-order valence-corrected chi connectivity index (χ1v) is 13.0. The third-order valence-electron chi connectivity index (χ3n) is 5.17. The van der Waals surface area contributed by atoms with Gasteiger partial charge in [-0.25, -0.2) is 22.9 Å². The Labute approximate surface area is 195 Å². The van der Waals surface area contributed by atoms with E-state index in [4.69, 9.17) is 9.84 Å². The van der Waals surface area contributed by atoms with Gasteiger partial charge >= 0.3 is 6.09 Å². The quantitative estimate of drug-likeness (QED) is 0.550. The Balaban J connectivity index is 1.77. The molecule has 1 saturated carbocycles. The summed E-state index contributed by atoms with van der Waals surface area (Å²) < 4.78 is 33.0. The second-order valence-electron chi connectivity index (χ2n) is 9.80. The average molecular weight is 479 g/mol. The third-order valence-corrected chi connectivity index (χ3v) is 5.77. The predicted molar refractivity (Wildman–Crippen MR) is 128 cm³/mol. The van der Waals surface area contributed by atoms with Crippen LogP contribution >= 0.6 is 0 Å². The zero-order valence-corrected chi connectivity index (χ0v) is 20.9. The molecule has 1 amide bonds. The van der Waals surface area contributed by atoms with Gasteiger partial charge in [0.1, 0.15) is 17.7 Å². The molecule has 0 saturated heterocycles. The Kier molecular flexibility index (Phi) is 7.20. The fraction of sp³-hybridized carbons (Fsp3) is 0.591. The van der Waals surface area contributed by atoms with Gasteiger partial charge in [-0.2, -0.15) is 5.10 Å². The number of nitrogens with one attached hydrogen (secondary N) is 3. The summed E-state index contributed by atoms with van der Waals surface area (Å²) in [6.45, 7) is 9.96. The Morgan fingerprint density at radius 3 is 2.61 bits per heavy atom. The van der Waals surface area contributed by atoms with Crippen molar-refractivity contribution in [1.82, 2.24) is 20.1 Å². The molecular formula is C22H34N6O4S. The molecule has 2 heterocycles. The van der Waals surface area contributed by atoms with E-state index in [2.05, 4.69) is 41.1 Å². The van der Waals surface area contributed by atoms with E-state index in [9.17, 15) is 13.2 Å². The minimum absolute atomic E-state index is 0.0329. The average Bonchev–Trinajstić information content (AvgIpc) is 3.26. The van der Waals surface area contributed by atoms with Gasteiger partial charge in [0.25, 0.3) is 0 Å². The van der Waals surface area contributed by atoms with Crippen LogP contribution in [0.2, 0.25) is 0 Å². The van der Waals surface area contributed by atoms with Crippen LogP contribution in [0.1, 0.15) is 65.5 Å². The Morgan fingerprint density at radius 1 is 1.24 bits per heavy atom. The van der Waals surface area contributed by atoms with Gasteiger partial charge in [0.15, 0.2) is 0 Å². The first kappa shape index (κ1) is 24.8. The van der Waals surface area contributed by atoms with Crippen LogP contribution in [0.4, 0.5) is 22.1 Å². The summed E-state index contributed by atoms with van der Waals surface area (Å²) >= 11 is 0. The highest BCUT2D eigenvalue weighted by Gasteiger charge is 2.32. The van der Waals surface area contributed by atoms with Crippen LogP contribution in [0.25, 0.3) is 0 Å². The Bertz CT molecular complexity index is 1090. The molecule has 2 unspecified atom stereocenters. The monoisotopic (exact) mass is 478 g/mol. The number of alkyl carbamates (subject to hydrolysis) is 1. The number of hydrogen-bond donors (Lipinski definition) is 3. The van der Waals surface area contributed by atoms with Gasteiger partial charge in [-0.1, -0.05) is 0 Å².